The van der Waals surface area contributed by atoms with Crippen molar-refractivity contribution in [3.63, 3.8) is 0 Å². The first-order chi connectivity index (χ1) is 13.2. The Labute approximate surface area is 162 Å². The summed E-state index contributed by atoms with van der Waals surface area (Å²) in [6.07, 6.45) is 9.47. The maximum absolute atomic E-state index is 12.2. The van der Waals surface area contributed by atoms with Gasteiger partial charge in [-0.25, -0.2) is 4.79 Å². The first kappa shape index (κ1) is 21.3. The van der Waals surface area contributed by atoms with Gasteiger partial charge in [0, 0.05) is 10.9 Å². The number of aromatic amines is 1. The lowest BCUT2D eigenvalue weighted by atomic mass is 10.1. The van der Waals surface area contributed by atoms with Crippen LogP contribution in [0.3, 0.4) is 0 Å². The third-order valence-corrected chi connectivity index (χ3v) is 4.77. The number of carbonyl (C=O) groups is 1. The Balaban J connectivity index is 1.96. The van der Waals surface area contributed by atoms with Crippen molar-refractivity contribution in [2.24, 2.45) is 5.73 Å². The molecule has 0 bridgehead atoms. The lowest BCUT2D eigenvalue weighted by Crippen LogP contribution is -2.11. The standard InChI is InChI=1S/C22H34N2O3/c1-3-5-6-7-8-9-10-15-27-17-11-12-20-19(16-17)18(13-14-23)21(24-20)22(25)26-4-2/h11-12,16,24H,3-10,13-15,23H2,1-2H3. The van der Waals surface area contributed by atoms with Crippen LogP contribution < -0.4 is 10.5 Å². The van der Waals surface area contributed by atoms with Crippen molar-refractivity contribution in [3.8, 4) is 5.75 Å². The van der Waals surface area contributed by atoms with Gasteiger partial charge in [0.15, 0.2) is 0 Å². The molecule has 1 heterocycles. The number of carbonyl (C=O) groups excluding carboxylic acids is 1. The Hall–Kier alpha value is -2.01. The van der Waals surface area contributed by atoms with E-state index in [2.05, 4.69) is 11.9 Å². The summed E-state index contributed by atoms with van der Waals surface area (Å²) in [6.45, 7) is 5.59. The molecule has 1 aromatic carbocycles. The van der Waals surface area contributed by atoms with Gasteiger partial charge in [0.1, 0.15) is 11.4 Å². The monoisotopic (exact) mass is 374 g/mol. The Morgan fingerprint density at radius 2 is 1.81 bits per heavy atom. The highest BCUT2D eigenvalue weighted by molar-refractivity contribution is 5.98. The Bertz CT molecular complexity index is 709. The number of esters is 1. The fourth-order valence-corrected chi connectivity index (χ4v) is 3.35. The predicted octanol–water partition coefficient (Wildman–Crippen LogP) is 4.98. The largest absolute Gasteiger partial charge is 0.494 e. The van der Waals surface area contributed by atoms with Gasteiger partial charge in [0.05, 0.1) is 13.2 Å². The summed E-state index contributed by atoms with van der Waals surface area (Å²) in [5.74, 6) is 0.504. The molecule has 5 nitrogen and oxygen atoms in total. The molecule has 150 valence electrons. The van der Waals surface area contributed by atoms with Crippen LogP contribution in [0.5, 0.6) is 5.75 Å². The molecule has 0 aliphatic heterocycles. The smallest absolute Gasteiger partial charge is 0.355 e. The van der Waals surface area contributed by atoms with Crippen LogP contribution in [0.2, 0.25) is 0 Å². The van der Waals surface area contributed by atoms with Crippen LogP contribution in [0.4, 0.5) is 0 Å². The first-order valence-electron chi connectivity index (χ1n) is 10.4. The number of hydrogen-bond acceptors (Lipinski definition) is 4. The number of unbranched alkanes of at least 4 members (excludes halogenated alkanes) is 6. The third kappa shape index (κ3) is 6.28. The summed E-state index contributed by atoms with van der Waals surface area (Å²) >= 11 is 0. The minimum absolute atomic E-state index is 0.331. The van der Waals surface area contributed by atoms with Crippen LogP contribution in [-0.4, -0.2) is 30.7 Å². The number of fused-ring (bicyclic) bond motifs is 1. The number of nitrogens with two attached hydrogens (primary N) is 1. The molecule has 0 spiro atoms. The molecule has 0 saturated carbocycles. The van der Waals surface area contributed by atoms with Crippen molar-refractivity contribution >= 4 is 16.9 Å². The number of rotatable bonds is 13. The van der Waals surface area contributed by atoms with Crippen molar-refractivity contribution in [1.82, 2.24) is 4.98 Å². The molecule has 3 N–H and O–H groups in total. The molecule has 0 aliphatic carbocycles. The van der Waals surface area contributed by atoms with E-state index in [0.717, 1.165) is 35.2 Å². The highest BCUT2D eigenvalue weighted by atomic mass is 16.5. The van der Waals surface area contributed by atoms with E-state index in [9.17, 15) is 4.79 Å². The molecule has 0 amide bonds. The zero-order chi connectivity index (χ0) is 19.5. The van der Waals surface area contributed by atoms with Crippen molar-refractivity contribution in [2.45, 2.75) is 65.2 Å². The molecule has 0 unspecified atom stereocenters. The van der Waals surface area contributed by atoms with Crippen molar-refractivity contribution < 1.29 is 14.3 Å². The molecule has 0 radical (unpaired) electrons. The summed E-state index contributed by atoms with van der Waals surface area (Å²) in [5, 5.41) is 0.987. The molecule has 2 aromatic rings. The van der Waals surface area contributed by atoms with Gasteiger partial charge >= 0.3 is 5.97 Å². The molecule has 5 heteroatoms. The first-order valence-corrected chi connectivity index (χ1v) is 10.4. The van der Waals surface area contributed by atoms with E-state index in [1.165, 1.54) is 38.5 Å². The average Bonchev–Trinajstić information content (AvgIpc) is 3.02. The zero-order valence-electron chi connectivity index (χ0n) is 16.8. The topological polar surface area (TPSA) is 77.3 Å². The highest BCUT2D eigenvalue weighted by Crippen LogP contribution is 2.28. The van der Waals surface area contributed by atoms with Crippen LogP contribution in [-0.2, 0) is 11.2 Å². The summed E-state index contributed by atoms with van der Waals surface area (Å²) in [7, 11) is 0. The summed E-state index contributed by atoms with van der Waals surface area (Å²) in [6, 6.07) is 5.90. The molecular formula is C22H34N2O3. The Kier molecular flexibility index (Phi) is 9.19. The second kappa shape index (κ2) is 11.7. The van der Waals surface area contributed by atoms with Crippen LogP contribution in [0.15, 0.2) is 18.2 Å². The van der Waals surface area contributed by atoms with Gasteiger partial charge in [-0.1, -0.05) is 45.4 Å². The quantitative estimate of drug-likeness (QED) is 0.383. The van der Waals surface area contributed by atoms with Crippen LogP contribution in [0.1, 0.15) is 74.8 Å². The number of nitrogens with one attached hydrogen (secondary N) is 1. The van der Waals surface area contributed by atoms with Gasteiger partial charge in [-0.3, -0.25) is 0 Å². The average molecular weight is 375 g/mol. The lowest BCUT2D eigenvalue weighted by molar-refractivity contribution is 0.0519. The molecule has 0 saturated heterocycles. The van der Waals surface area contributed by atoms with E-state index in [1.807, 2.05) is 18.2 Å². The predicted molar refractivity (Wildman–Crippen MR) is 111 cm³/mol. The van der Waals surface area contributed by atoms with Crippen molar-refractivity contribution in [1.29, 1.82) is 0 Å². The van der Waals surface area contributed by atoms with Gasteiger partial charge in [-0.2, -0.15) is 0 Å². The van der Waals surface area contributed by atoms with E-state index >= 15 is 0 Å². The Morgan fingerprint density at radius 1 is 1.07 bits per heavy atom. The SMILES string of the molecule is CCCCCCCCCOc1ccc2[nH]c(C(=O)OCC)c(CCN)c2c1. The van der Waals surface area contributed by atoms with E-state index in [-0.39, 0.29) is 5.97 Å². The van der Waals surface area contributed by atoms with E-state index in [4.69, 9.17) is 15.2 Å². The molecule has 0 atom stereocenters. The normalized spacial score (nSPS) is 11.1. The number of ether oxygens (including phenoxy) is 2. The molecular weight excluding hydrogens is 340 g/mol. The maximum atomic E-state index is 12.2. The van der Waals surface area contributed by atoms with E-state index < -0.39 is 0 Å². The second-order valence-corrected chi connectivity index (χ2v) is 6.91. The van der Waals surface area contributed by atoms with Crippen LogP contribution in [0, 0.1) is 0 Å². The third-order valence-electron chi connectivity index (χ3n) is 4.77. The van der Waals surface area contributed by atoms with Crippen molar-refractivity contribution in [2.75, 3.05) is 19.8 Å². The number of hydrogen-bond donors (Lipinski definition) is 2. The van der Waals surface area contributed by atoms with Crippen LogP contribution >= 0.6 is 0 Å². The molecule has 27 heavy (non-hydrogen) atoms. The van der Waals surface area contributed by atoms with Crippen molar-refractivity contribution in [3.05, 3.63) is 29.5 Å². The van der Waals surface area contributed by atoms with E-state index in [0.29, 0.717) is 25.3 Å². The van der Waals surface area contributed by atoms with Gasteiger partial charge in [0.25, 0.3) is 0 Å². The molecule has 0 fully saturated rings. The summed E-state index contributed by atoms with van der Waals surface area (Å²) in [4.78, 5) is 15.4. The van der Waals surface area contributed by atoms with Gasteiger partial charge < -0.3 is 20.2 Å². The zero-order valence-corrected chi connectivity index (χ0v) is 16.8. The minimum Gasteiger partial charge on any atom is -0.494 e. The number of aromatic nitrogens is 1. The number of H-pyrrole nitrogens is 1. The molecule has 0 aliphatic rings. The maximum Gasteiger partial charge on any atom is 0.355 e. The summed E-state index contributed by atoms with van der Waals surface area (Å²) < 4.78 is 11.1. The number of benzene rings is 1. The summed E-state index contributed by atoms with van der Waals surface area (Å²) in [5.41, 5.74) is 8.07. The Morgan fingerprint density at radius 3 is 2.52 bits per heavy atom. The fraction of sp³-hybridized carbons (Fsp3) is 0.591. The van der Waals surface area contributed by atoms with Gasteiger partial charge in [-0.05, 0) is 50.1 Å². The molecule has 2 rings (SSSR count). The van der Waals surface area contributed by atoms with E-state index in [1.54, 1.807) is 6.92 Å². The second-order valence-electron chi connectivity index (χ2n) is 6.91. The highest BCUT2D eigenvalue weighted by Gasteiger charge is 2.18. The van der Waals surface area contributed by atoms with Gasteiger partial charge in [0.2, 0.25) is 0 Å². The van der Waals surface area contributed by atoms with Gasteiger partial charge in [-0.15, -0.1) is 0 Å². The minimum atomic E-state index is -0.331. The lowest BCUT2D eigenvalue weighted by Gasteiger charge is -2.07. The fourth-order valence-electron chi connectivity index (χ4n) is 3.35. The van der Waals surface area contributed by atoms with Crippen LogP contribution in [0.25, 0.3) is 10.9 Å². The molecule has 1 aromatic heterocycles.